The van der Waals surface area contributed by atoms with Crippen LogP contribution in [0.25, 0.3) is 0 Å². The van der Waals surface area contributed by atoms with E-state index in [0.29, 0.717) is 5.69 Å². The summed E-state index contributed by atoms with van der Waals surface area (Å²) in [4.78, 5) is 17.2. The third-order valence-electron chi connectivity index (χ3n) is 3.37. The third-order valence-corrected chi connectivity index (χ3v) is 3.37. The number of urea groups is 1. The number of carbonyl (C=O) groups is 1. The van der Waals surface area contributed by atoms with Crippen molar-refractivity contribution >= 4 is 11.7 Å². The molecule has 0 saturated carbocycles. The monoisotopic (exact) mass is 317 g/mol. The number of morpholine rings is 1. The number of hydrogen-bond donors (Lipinski definition) is 1. The zero-order valence-corrected chi connectivity index (χ0v) is 12.6. The number of nitrogens with one attached hydrogen (secondary N) is 1. The van der Waals surface area contributed by atoms with Crippen molar-refractivity contribution < 1.29 is 22.7 Å². The van der Waals surface area contributed by atoms with E-state index in [-0.39, 0.29) is 6.54 Å². The first-order valence-corrected chi connectivity index (χ1v) is 6.75. The van der Waals surface area contributed by atoms with Crippen molar-refractivity contribution in [2.45, 2.75) is 38.1 Å². The van der Waals surface area contributed by atoms with Crippen LogP contribution in [0.2, 0.25) is 0 Å². The summed E-state index contributed by atoms with van der Waals surface area (Å²) < 4.78 is 44.9. The molecule has 2 amide bonds. The number of amides is 2. The van der Waals surface area contributed by atoms with Gasteiger partial charge in [0.05, 0.1) is 30.6 Å². The Kier molecular flexibility index (Phi) is 4.08. The Morgan fingerprint density at radius 2 is 2.05 bits per heavy atom. The predicted molar refractivity (Wildman–Crippen MR) is 74.5 cm³/mol. The van der Waals surface area contributed by atoms with Gasteiger partial charge in [-0.05, 0) is 32.9 Å². The van der Waals surface area contributed by atoms with Crippen molar-refractivity contribution in [3.8, 4) is 0 Å². The molecule has 1 aliphatic heterocycles. The number of ether oxygens (including phenoxy) is 1. The van der Waals surface area contributed by atoms with Crippen LogP contribution in [0.4, 0.5) is 23.7 Å². The maximum absolute atomic E-state index is 13.2. The molecule has 1 aliphatic rings. The van der Waals surface area contributed by atoms with Crippen molar-refractivity contribution in [3.05, 3.63) is 24.5 Å². The van der Waals surface area contributed by atoms with E-state index < -0.39 is 30.0 Å². The molecule has 1 atom stereocenters. The number of rotatable bonds is 1. The topological polar surface area (TPSA) is 54.5 Å². The van der Waals surface area contributed by atoms with Crippen LogP contribution in [0.1, 0.15) is 20.8 Å². The molecule has 0 unspecified atom stereocenters. The van der Waals surface area contributed by atoms with Crippen LogP contribution in [0, 0.1) is 0 Å². The SMILES string of the molecule is CC1(C)CN(C(=O)Nc2cccnc2)C[C@@](C)(C(F)(F)F)O1. The van der Waals surface area contributed by atoms with Gasteiger partial charge in [0.1, 0.15) is 0 Å². The first-order chi connectivity index (χ1) is 10.0. The fourth-order valence-corrected chi connectivity index (χ4v) is 2.48. The van der Waals surface area contributed by atoms with Crippen LogP contribution in [-0.2, 0) is 4.74 Å². The molecule has 1 saturated heterocycles. The Morgan fingerprint density at radius 1 is 1.36 bits per heavy atom. The average Bonchev–Trinajstić information content (AvgIpc) is 2.36. The highest BCUT2D eigenvalue weighted by Crippen LogP contribution is 2.40. The Labute approximate surface area is 126 Å². The molecule has 0 bridgehead atoms. The van der Waals surface area contributed by atoms with Crippen LogP contribution in [-0.4, -0.2) is 46.4 Å². The Balaban J connectivity index is 2.18. The molecule has 0 aromatic carbocycles. The molecule has 5 nitrogen and oxygen atoms in total. The van der Waals surface area contributed by atoms with Crippen LogP contribution in [0.15, 0.2) is 24.5 Å². The first kappa shape index (κ1) is 16.5. The molecule has 1 N–H and O–H groups in total. The second kappa shape index (κ2) is 5.42. The summed E-state index contributed by atoms with van der Waals surface area (Å²) in [5.41, 5.74) is -3.08. The minimum atomic E-state index is -4.57. The van der Waals surface area contributed by atoms with Gasteiger partial charge < -0.3 is 15.0 Å². The number of aromatic nitrogens is 1. The molecule has 122 valence electrons. The minimum Gasteiger partial charge on any atom is -0.356 e. The summed E-state index contributed by atoms with van der Waals surface area (Å²) in [6.07, 6.45) is -1.61. The van der Waals surface area contributed by atoms with Gasteiger partial charge in [0.15, 0.2) is 5.60 Å². The van der Waals surface area contributed by atoms with Gasteiger partial charge in [-0.1, -0.05) is 0 Å². The van der Waals surface area contributed by atoms with Gasteiger partial charge >= 0.3 is 12.2 Å². The molecule has 2 heterocycles. The summed E-state index contributed by atoms with van der Waals surface area (Å²) in [5.74, 6) is 0. The van der Waals surface area contributed by atoms with Gasteiger partial charge in [-0.25, -0.2) is 4.79 Å². The Morgan fingerprint density at radius 3 is 2.59 bits per heavy atom. The highest BCUT2D eigenvalue weighted by Gasteiger charge is 2.58. The van der Waals surface area contributed by atoms with Crippen LogP contribution in [0.5, 0.6) is 0 Å². The fourth-order valence-electron chi connectivity index (χ4n) is 2.48. The van der Waals surface area contributed by atoms with E-state index in [4.69, 9.17) is 4.74 Å². The Bertz CT molecular complexity index is 548. The second-order valence-corrected chi connectivity index (χ2v) is 6.12. The maximum Gasteiger partial charge on any atom is 0.418 e. The minimum absolute atomic E-state index is 0.0603. The summed E-state index contributed by atoms with van der Waals surface area (Å²) >= 11 is 0. The van der Waals surface area contributed by atoms with Crippen molar-refractivity contribution in [1.82, 2.24) is 9.88 Å². The lowest BCUT2D eigenvalue weighted by Gasteiger charge is -2.48. The normalized spacial score (nSPS) is 24.9. The van der Waals surface area contributed by atoms with Gasteiger partial charge in [-0.3, -0.25) is 4.98 Å². The van der Waals surface area contributed by atoms with Gasteiger partial charge in [-0.2, -0.15) is 13.2 Å². The van der Waals surface area contributed by atoms with Gasteiger partial charge in [-0.15, -0.1) is 0 Å². The molecule has 2 rings (SSSR count). The summed E-state index contributed by atoms with van der Waals surface area (Å²) in [7, 11) is 0. The average molecular weight is 317 g/mol. The van der Waals surface area contributed by atoms with Gasteiger partial charge in [0.2, 0.25) is 0 Å². The molecular formula is C14H18F3N3O2. The van der Waals surface area contributed by atoms with Crippen molar-refractivity contribution in [1.29, 1.82) is 0 Å². The maximum atomic E-state index is 13.2. The van der Waals surface area contributed by atoms with Crippen molar-refractivity contribution in [3.63, 3.8) is 0 Å². The lowest BCUT2D eigenvalue weighted by Crippen LogP contribution is -2.65. The highest BCUT2D eigenvalue weighted by atomic mass is 19.4. The molecular weight excluding hydrogens is 299 g/mol. The zero-order valence-electron chi connectivity index (χ0n) is 12.6. The largest absolute Gasteiger partial charge is 0.418 e. The first-order valence-electron chi connectivity index (χ1n) is 6.75. The molecule has 0 aliphatic carbocycles. The zero-order chi connectivity index (χ0) is 16.6. The van der Waals surface area contributed by atoms with Crippen molar-refractivity contribution in [2.24, 2.45) is 0 Å². The molecule has 8 heteroatoms. The number of hydrogen-bond acceptors (Lipinski definition) is 3. The standard InChI is InChI=1S/C14H18F3N3O2/c1-12(2)8-20(9-13(3,22-12)14(15,16)17)11(21)19-10-5-4-6-18-7-10/h4-7H,8-9H2,1-3H3,(H,19,21)/t13-/m0/s1. The smallest absolute Gasteiger partial charge is 0.356 e. The third kappa shape index (κ3) is 3.49. The summed E-state index contributed by atoms with van der Waals surface area (Å²) in [6, 6.07) is 2.62. The fraction of sp³-hybridized carbons (Fsp3) is 0.571. The lowest BCUT2D eigenvalue weighted by molar-refractivity contribution is -0.318. The summed E-state index contributed by atoms with van der Waals surface area (Å²) in [6.45, 7) is 3.51. The number of nitrogens with zero attached hydrogens (tertiary/aromatic N) is 2. The number of carbonyl (C=O) groups excluding carboxylic acids is 1. The van der Waals surface area contributed by atoms with Gasteiger partial charge in [0.25, 0.3) is 0 Å². The van der Waals surface area contributed by atoms with Gasteiger partial charge in [0, 0.05) is 6.20 Å². The number of anilines is 1. The lowest BCUT2D eigenvalue weighted by atomic mass is 9.97. The van der Waals surface area contributed by atoms with Crippen LogP contribution >= 0.6 is 0 Å². The van der Waals surface area contributed by atoms with E-state index in [0.717, 1.165) is 11.8 Å². The van der Waals surface area contributed by atoms with E-state index in [9.17, 15) is 18.0 Å². The molecule has 0 spiro atoms. The molecule has 1 fully saturated rings. The van der Waals surface area contributed by atoms with E-state index >= 15 is 0 Å². The number of pyridine rings is 1. The van der Waals surface area contributed by atoms with E-state index in [1.165, 1.54) is 26.2 Å². The summed E-state index contributed by atoms with van der Waals surface area (Å²) in [5, 5.41) is 2.54. The molecule has 0 radical (unpaired) electrons. The van der Waals surface area contributed by atoms with E-state index in [1.807, 2.05) is 0 Å². The van der Waals surface area contributed by atoms with Crippen LogP contribution < -0.4 is 5.32 Å². The molecule has 1 aromatic rings. The highest BCUT2D eigenvalue weighted by molar-refractivity contribution is 5.89. The van der Waals surface area contributed by atoms with Crippen LogP contribution in [0.3, 0.4) is 0 Å². The quantitative estimate of drug-likeness (QED) is 0.866. The second-order valence-electron chi connectivity index (χ2n) is 6.12. The number of alkyl halides is 3. The molecule has 1 aromatic heterocycles. The van der Waals surface area contributed by atoms with E-state index in [1.54, 1.807) is 12.1 Å². The van der Waals surface area contributed by atoms with E-state index in [2.05, 4.69) is 10.3 Å². The predicted octanol–water partition coefficient (Wildman–Crippen LogP) is 3.05. The molecule has 22 heavy (non-hydrogen) atoms. The van der Waals surface area contributed by atoms with Crippen molar-refractivity contribution in [2.75, 3.05) is 18.4 Å². The number of halogens is 3. The Hall–Kier alpha value is -1.83.